The van der Waals surface area contributed by atoms with Crippen LogP contribution in [0.2, 0.25) is 0 Å². The van der Waals surface area contributed by atoms with E-state index < -0.39 is 0 Å². The Kier molecular flexibility index (Phi) is 4.54. The molecule has 3 nitrogen and oxygen atoms in total. The number of benzene rings is 1. The Hall–Kier alpha value is -1.46. The fourth-order valence-corrected chi connectivity index (χ4v) is 5.23. The number of aromatic nitrogens is 1. The van der Waals surface area contributed by atoms with Crippen LogP contribution in [0.1, 0.15) is 60.9 Å². The van der Waals surface area contributed by atoms with Gasteiger partial charge in [-0.05, 0) is 72.8 Å². The number of hydrogen-bond acceptors (Lipinski definition) is 3. The molecule has 1 aromatic carbocycles. The Labute approximate surface area is 159 Å². The maximum absolute atomic E-state index is 5.15. The molecule has 1 aromatic heterocycles. The van der Waals surface area contributed by atoms with Crippen molar-refractivity contribution >= 4 is 33.8 Å². The SMILES string of the molecule is CNC(=S)Nc1nc(C2CC(C)(c3ccc4c(c3)CCCC4)C2)cs1. The molecule has 25 heavy (non-hydrogen) atoms. The average Bonchev–Trinajstić information content (AvgIpc) is 3.06. The van der Waals surface area contributed by atoms with Crippen LogP contribution < -0.4 is 10.6 Å². The van der Waals surface area contributed by atoms with Gasteiger partial charge in [-0.1, -0.05) is 25.1 Å². The lowest BCUT2D eigenvalue weighted by Crippen LogP contribution is -2.37. The molecule has 1 heterocycles. The van der Waals surface area contributed by atoms with Crippen LogP contribution in [-0.4, -0.2) is 17.1 Å². The fourth-order valence-electron chi connectivity index (χ4n) is 4.27. The number of rotatable bonds is 3. The summed E-state index contributed by atoms with van der Waals surface area (Å²) < 4.78 is 0. The summed E-state index contributed by atoms with van der Waals surface area (Å²) in [5.41, 5.74) is 6.20. The van der Waals surface area contributed by atoms with E-state index in [0.29, 0.717) is 16.4 Å². The molecule has 0 bridgehead atoms. The van der Waals surface area contributed by atoms with E-state index in [1.807, 2.05) is 7.05 Å². The zero-order valence-electron chi connectivity index (χ0n) is 14.9. The first-order valence-electron chi connectivity index (χ1n) is 9.14. The molecule has 5 heteroatoms. The number of aryl methyl sites for hydroxylation is 2. The van der Waals surface area contributed by atoms with Crippen molar-refractivity contribution in [1.29, 1.82) is 0 Å². The summed E-state index contributed by atoms with van der Waals surface area (Å²) in [4.78, 5) is 4.73. The van der Waals surface area contributed by atoms with Gasteiger partial charge in [0.25, 0.3) is 0 Å². The van der Waals surface area contributed by atoms with Crippen molar-refractivity contribution in [2.75, 3.05) is 12.4 Å². The van der Waals surface area contributed by atoms with Gasteiger partial charge in [-0.3, -0.25) is 0 Å². The lowest BCUT2D eigenvalue weighted by molar-refractivity contribution is 0.221. The first-order chi connectivity index (χ1) is 12.1. The van der Waals surface area contributed by atoms with Gasteiger partial charge in [-0.15, -0.1) is 11.3 Å². The van der Waals surface area contributed by atoms with E-state index in [9.17, 15) is 0 Å². The minimum atomic E-state index is 0.300. The normalized spacial score (nSPS) is 25.0. The molecule has 0 aliphatic heterocycles. The molecule has 2 aliphatic rings. The third kappa shape index (κ3) is 3.32. The molecule has 4 rings (SSSR count). The largest absolute Gasteiger partial charge is 0.365 e. The Morgan fingerprint density at radius 3 is 2.76 bits per heavy atom. The fraction of sp³-hybridized carbons (Fsp3) is 0.500. The second-order valence-electron chi connectivity index (χ2n) is 7.64. The minimum absolute atomic E-state index is 0.300. The van der Waals surface area contributed by atoms with Gasteiger partial charge in [0.2, 0.25) is 0 Å². The number of nitrogens with zero attached hydrogens (tertiary/aromatic N) is 1. The minimum Gasteiger partial charge on any atom is -0.365 e. The van der Waals surface area contributed by atoms with Crippen LogP contribution in [0, 0.1) is 0 Å². The van der Waals surface area contributed by atoms with Crippen LogP contribution >= 0.6 is 23.6 Å². The second kappa shape index (κ2) is 6.69. The molecule has 0 unspecified atom stereocenters. The Morgan fingerprint density at radius 1 is 1.24 bits per heavy atom. The van der Waals surface area contributed by atoms with Crippen molar-refractivity contribution < 1.29 is 0 Å². The number of anilines is 1. The smallest absolute Gasteiger partial charge is 0.189 e. The zero-order valence-corrected chi connectivity index (χ0v) is 16.5. The first-order valence-corrected chi connectivity index (χ1v) is 10.4. The number of thiocarbonyl (C=S) groups is 1. The Balaban J connectivity index is 1.44. The molecule has 2 N–H and O–H groups in total. The average molecular weight is 372 g/mol. The number of nitrogens with one attached hydrogen (secondary N) is 2. The third-order valence-electron chi connectivity index (χ3n) is 5.83. The van der Waals surface area contributed by atoms with Gasteiger partial charge in [0.1, 0.15) is 0 Å². The molecule has 0 saturated heterocycles. The highest BCUT2D eigenvalue weighted by molar-refractivity contribution is 7.80. The molecule has 132 valence electrons. The molecule has 1 fully saturated rings. The maximum atomic E-state index is 5.15. The first kappa shape index (κ1) is 17.0. The summed E-state index contributed by atoms with van der Waals surface area (Å²) >= 11 is 6.78. The summed E-state index contributed by atoms with van der Waals surface area (Å²) in [6.07, 6.45) is 7.59. The van der Waals surface area contributed by atoms with Gasteiger partial charge in [-0.25, -0.2) is 4.98 Å². The number of hydrogen-bond donors (Lipinski definition) is 2. The molecule has 0 amide bonds. The van der Waals surface area contributed by atoms with Crippen LogP contribution in [0.3, 0.4) is 0 Å². The van der Waals surface area contributed by atoms with Crippen molar-refractivity contribution in [1.82, 2.24) is 10.3 Å². The van der Waals surface area contributed by atoms with Gasteiger partial charge < -0.3 is 10.6 Å². The highest BCUT2D eigenvalue weighted by Crippen LogP contribution is 2.52. The predicted octanol–water partition coefficient (Wildman–Crippen LogP) is 4.77. The lowest BCUT2D eigenvalue weighted by atomic mass is 9.59. The van der Waals surface area contributed by atoms with Crippen molar-refractivity contribution in [3.05, 3.63) is 46.0 Å². The molecule has 2 aliphatic carbocycles. The standard InChI is InChI=1S/C20H25N3S2/c1-20(16-8-7-13-5-3-4-6-14(13)9-16)10-15(11-20)17-12-25-19(22-17)23-18(24)21-2/h7-9,12,15H,3-6,10-11H2,1-2H3,(H2,21,22,23,24). The van der Waals surface area contributed by atoms with Crippen LogP contribution in [0.15, 0.2) is 23.6 Å². The summed E-state index contributed by atoms with van der Waals surface area (Å²) in [7, 11) is 1.82. The number of thiazole rings is 1. The zero-order chi connectivity index (χ0) is 17.4. The second-order valence-corrected chi connectivity index (χ2v) is 8.90. The Bertz CT molecular complexity index is 790. The summed E-state index contributed by atoms with van der Waals surface area (Å²) in [5.74, 6) is 0.566. The number of fused-ring (bicyclic) bond motifs is 1. The Morgan fingerprint density at radius 2 is 2.00 bits per heavy atom. The molecular formula is C20H25N3S2. The van der Waals surface area contributed by atoms with Gasteiger partial charge in [-0.2, -0.15) is 0 Å². The van der Waals surface area contributed by atoms with Crippen LogP contribution in [0.4, 0.5) is 5.13 Å². The van der Waals surface area contributed by atoms with Gasteiger partial charge >= 0.3 is 0 Å². The molecule has 0 radical (unpaired) electrons. The van der Waals surface area contributed by atoms with E-state index in [2.05, 4.69) is 41.1 Å². The van der Waals surface area contributed by atoms with Crippen molar-refractivity contribution in [2.45, 2.75) is 56.8 Å². The molecular weight excluding hydrogens is 346 g/mol. The van der Waals surface area contributed by atoms with E-state index >= 15 is 0 Å². The summed E-state index contributed by atoms with van der Waals surface area (Å²) in [6, 6.07) is 7.25. The molecule has 1 saturated carbocycles. The van der Waals surface area contributed by atoms with Crippen LogP contribution in [0.5, 0.6) is 0 Å². The van der Waals surface area contributed by atoms with Crippen LogP contribution in [-0.2, 0) is 18.3 Å². The third-order valence-corrected chi connectivity index (χ3v) is 6.91. The van der Waals surface area contributed by atoms with Crippen molar-refractivity contribution in [3.8, 4) is 0 Å². The van der Waals surface area contributed by atoms with Gasteiger partial charge in [0.05, 0.1) is 5.69 Å². The van der Waals surface area contributed by atoms with Crippen molar-refractivity contribution in [2.24, 2.45) is 0 Å². The quantitative estimate of drug-likeness (QED) is 0.762. The molecule has 0 spiro atoms. The predicted molar refractivity (Wildman–Crippen MR) is 110 cm³/mol. The monoisotopic (exact) mass is 371 g/mol. The van der Waals surface area contributed by atoms with E-state index in [-0.39, 0.29) is 0 Å². The topological polar surface area (TPSA) is 37.0 Å². The van der Waals surface area contributed by atoms with Gasteiger partial charge in [0, 0.05) is 18.3 Å². The highest BCUT2D eigenvalue weighted by atomic mass is 32.1. The van der Waals surface area contributed by atoms with Crippen LogP contribution in [0.25, 0.3) is 0 Å². The van der Waals surface area contributed by atoms with E-state index in [1.165, 1.54) is 49.8 Å². The summed E-state index contributed by atoms with van der Waals surface area (Å²) in [5, 5.41) is 9.74. The maximum Gasteiger partial charge on any atom is 0.189 e. The van der Waals surface area contributed by atoms with E-state index in [1.54, 1.807) is 22.5 Å². The van der Waals surface area contributed by atoms with E-state index in [4.69, 9.17) is 17.2 Å². The van der Waals surface area contributed by atoms with Crippen molar-refractivity contribution in [3.63, 3.8) is 0 Å². The van der Waals surface area contributed by atoms with E-state index in [0.717, 1.165) is 5.13 Å². The lowest BCUT2D eigenvalue weighted by Gasteiger charge is -2.45. The molecule has 0 atom stereocenters. The van der Waals surface area contributed by atoms with Gasteiger partial charge in [0.15, 0.2) is 10.2 Å². The molecule has 2 aromatic rings. The highest BCUT2D eigenvalue weighted by Gasteiger charge is 2.43. The summed E-state index contributed by atoms with van der Waals surface area (Å²) in [6.45, 7) is 2.41.